The molecule has 2 N–H and O–H groups in total. The van der Waals surface area contributed by atoms with Crippen LogP contribution in [0.25, 0.3) is 0 Å². The van der Waals surface area contributed by atoms with Gasteiger partial charge in [-0.3, -0.25) is 0 Å². The van der Waals surface area contributed by atoms with Gasteiger partial charge in [-0.2, -0.15) is 0 Å². The fourth-order valence-corrected chi connectivity index (χ4v) is 0.883. The van der Waals surface area contributed by atoms with Crippen LogP contribution in [0.5, 0.6) is 0 Å². The second kappa shape index (κ2) is 3.72. The SMILES string of the molecule is CC(O)C=C(C(=O)O)C(C)(C)C. The summed E-state index contributed by atoms with van der Waals surface area (Å²) in [5, 5.41) is 17.8. The third-order valence-corrected chi connectivity index (χ3v) is 1.45. The van der Waals surface area contributed by atoms with E-state index in [0.29, 0.717) is 0 Å². The molecule has 0 radical (unpaired) electrons. The van der Waals surface area contributed by atoms with E-state index in [0.717, 1.165) is 0 Å². The molecule has 0 amide bonds. The molecule has 0 aromatic rings. The molecule has 0 heterocycles. The average Bonchev–Trinajstić information content (AvgIpc) is 1.79. The fourth-order valence-electron chi connectivity index (χ4n) is 0.883. The molecule has 0 aliphatic rings. The number of aliphatic carboxylic acids is 1. The Morgan fingerprint density at radius 3 is 1.92 bits per heavy atom. The van der Waals surface area contributed by atoms with Gasteiger partial charge in [0.15, 0.2) is 0 Å². The van der Waals surface area contributed by atoms with Crippen molar-refractivity contribution in [3.05, 3.63) is 11.6 Å². The first-order valence-electron chi connectivity index (χ1n) is 3.89. The summed E-state index contributed by atoms with van der Waals surface area (Å²) < 4.78 is 0. The molecule has 0 rings (SSSR count). The maximum absolute atomic E-state index is 10.7. The van der Waals surface area contributed by atoms with Crippen LogP contribution in [0, 0.1) is 5.41 Å². The molecule has 3 heteroatoms. The van der Waals surface area contributed by atoms with Gasteiger partial charge in [0, 0.05) is 5.57 Å². The lowest BCUT2D eigenvalue weighted by atomic mass is 9.85. The Hall–Kier alpha value is -0.830. The maximum Gasteiger partial charge on any atom is 0.331 e. The normalized spacial score (nSPS) is 15.9. The molecule has 0 aliphatic heterocycles. The molecule has 1 atom stereocenters. The van der Waals surface area contributed by atoms with Crippen LogP contribution in [0.1, 0.15) is 27.7 Å². The van der Waals surface area contributed by atoms with E-state index in [1.807, 2.05) is 0 Å². The zero-order chi connectivity index (χ0) is 9.94. The van der Waals surface area contributed by atoms with Crippen molar-refractivity contribution >= 4 is 5.97 Å². The third kappa shape index (κ3) is 3.53. The number of aliphatic hydroxyl groups is 1. The van der Waals surface area contributed by atoms with Crippen LogP contribution in [-0.2, 0) is 4.79 Å². The molecule has 0 bridgehead atoms. The van der Waals surface area contributed by atoms with Crippen LogP contribution in [0.4, 0.5) is 0 Å². The number of carboxylic acid groups (broad SMARTS) is 1. The molecule has 0 fully saturated rings. The van der Waals surface area contributed by atoms with Crippen molar-refractivity contribution in [2.45, 2.75) is 33.8 Å². The van der Waals surface area contributed by atoms with Crippen molar-refractivity contribution in [3.63, 3.8) is 0 Å². The first kappa shape index (κ1) is 11.2. The van der Waals surface area contributed by atoms with E-state index >= 15 is 0 Å². The minimum atomic E-state index is -0.969. The first-order valence-corrected chi connectivity index (χ1v) is 3.89. The molecule has 0 aromatic carbocycles. The Morgan fingerprint density at radius 2 is 1.83 bits per heavy atom. The first-order chi connectivity index (χ1) is 5.25. The van der Waals surface area contributed by atoms with Crippen LogP contribution < -0.4 is 0 Å². The summed E-state index contributed by atoms with van der Waals surface area (Å²) in [5.41, 5.74) is -0.180. The van der Waals surface area contributed by atoms with Crippen molar-refractivity contribution < 1.29 is 15.0 Å². The number of carboxylic acids is 1. The highest BCUT2D eigenvalue weighted by Gasteiger charge is 2.23. The minimum Gasteiger partial charge on any atom is -0.478 e. The van der Waals surface area contributed by atoms with Crippen molar-refractivity contribution in [1.29, 1.82) is 0 Å². The van der Waals surface area contributed by atoms with Gasteiger partial charge in [0.1, 0.15) is 0 Å². The monoisotopic (exact) mass is 172 g/mol. The molecule has 0 saturated heterocycles. The quantitative estimate of drug-likeness (QED) is 0.619. The predicted octanol–water partition coefficient (Wildman–Crippen LogP) is 1.42. The van der Waals surface area contributed by atoms with Crippen LogP contribution in [-0.4, -0.2) is 22.3 Å². The molecule has 12 heavy (non-hydrogen) atoms. The summed E-state index contributed by atoms with van der Waals surface area (Å²) in [6, 6.07) is 0. The highest BCUT2D eigenvalue weighted by molar-refractivity contribution is 5.88. The topological polar surface area (TPSA) is 57.5 Å². The maximum atomic E-state index is 10.7. The third-order valence-electron chi connectivity index (χ3n) is 1.45. The second-order valence-electron chi connectivity index (χ2n) is 3.88. The lowest BCUT2D eigenvalue weighted by Gasteiger charge is -2.19. The number of carbonyl (C=O) groups is 1. The number of rotatable bonds is 2. The molecular weight excluding hydrogens is 156 g/mol. The van der Waals surface area contributed by atoms with Gasteiger partial charge in [0.25, 0.3) is 0 Å². The summed E-state index contributed by atoms with van der Waals surface area (Å²) in [6.45, 7) is 6.94. The van der Waals surface area contributed by atoms with Crippen molar-refractivity contribution in [2.75, 3.05) is 0 Å². The number of hydrogen-bond acceptors (Lipinski definition) is 2. The number of hydrogen-bond donors (Lipinski definition) is 2. The summed E-state index contributed by atoms with van der Waals surface area (Å²) in [7, 11) is 0. The van der Waals surface area contributed by atoms with Crippen LogP contribution in [0.15, 0.2) is 11.6 Å². The largest absolute Gasteiger partial charge is 0.478 e. The summed E-state index contributed by atoms with van der Waals surface area (Å²) >= 11 is 0. The minimum absolute atomic E-state index is 0.248. The van der Waals surface area contributed by atoms with Crippen LogP contribution in [0.2, 0.25) is 0 Å². The Labute approximate surface area is 72.7 Å². The van der Waals surface area contributed by atoms with E-state index in [1.54, 1.807) is 20.8 Å². The number of aliphatic hydroxyl groups excluding tert-OH is 1. The van der Waals surface area contributed by atoms with E-state index in [4.69, 9.17) is 10.2 Å². The van der Waals surface area contributed by atoms with E-state index in [-0.39, 0.29) is 5.57 Å². The predicted molar refractivity (Wildman–Crippen MR) is 46.9 cm³/mol. The van der Waals surface area contributed by atoms with Crippen molar-refractivity contribution in [2.24, 2.45) is 5.41 Å². The molecule has 3 nitrogen and oxygen atoms in total. The van der Waals surface area contributed by atoms with Gasteiger partial charge in [0.05, 0.1) is 6.10 Å². The van der Waals surface area contributed by atoms with Gasteiger partial charge in [-0.25, -0.2) is 4.79 Å². The van der Waals surface area contributed by atoms with E-state index in [1.165, 1.54) is 13.0 Å². The fraction of sp³-hybridized carbons (Fsp3) is 0.667. The molecular formula is C9H16O3. The van der Waals surface area contributed by atoms with Gasteiger partial charge in [-0.1, -0.05) is 20.8 Å². The Balaban J connectivity index is 4.81. The van der Waals surface area contributed by atoms with E-state index in [9.17, 15) is 4.79 Å². The van der Waals surface area contributed by atoms with Gasteiger partial charge >= 0.3 is 5.97 Å². The summed E-state index contributed by atoms with van der Waals surface area (Å²) in [6.07, 6.45) is 0.651. The smallest absolute Gasteiger partial charge is 0.331 e. The summed E-state index contributed by atoms with van der Waals surface area (Å²) in [5.74, 6) is -0.969. The van der Waals surface area contributed by atoms with E-state index in [2.05, 4.69) is 0 Å². The van der Waals surface area contributed by atoms with E-state index < -0.39 is 17.5 Å². The van der Waals surface area contributed by atoms with Crippen LogP contribution in [0.3, 0.4) is 0 Å². The van der Waals surface area contributed by atoms with Crippen LogP contribution >= 0.6 is 0 Å². The molecule has 70 valence electrons. The van der Waals surface area contributed by atoms with Gasteiger partial charge in [-0.05, 0) is 18.4 Å². The van der Waals surface area contributed by atoms with Crippen molar-refractivity contribution in [1.82, 2.24) is 0 Å². The zero-order valence-corrected chi connectivity index (χ0v) is 7.96. The molecule has 0 aliphatic carbocycles. The van der Waals surface area contributed by atoms with Crippen molar-refractivity contribution in [3.8, 4) is 0 Å². The van der Waals surface area contributed by atoms with Gasteiger partial charge in [0.2, 0.25) is 0 Å². The Morgan fingerprint density at radius 1 is 1.42 bits per heavy atom. The summed E-state index contributed by atoms with van der Waals surface area (Å²) in [4.78, 5) is 10.7. The lowest BCUT2D eigenvalue weighted by molar-refractivity contribution is -0.133. The van der Waals surface area contributed by atoms with Gasteiger partial charge in [-0.15, -0.1) is 0 Å². The molecule has 0 saturated carbocycles. The molecule has 1 unspecified atom stereocenters. The molecule has 0 aromatic heterocycles. The Bertz CT molecular complexity index is 196. The Kier molecular flexibility index (Phi) is 3.46. The average molecular weight is 172 g/mol. The standard InChI is InChI=1S/C9H16O3/c1-6(10)5-7(8(11)12)9(2,3)4/h5-6,10H,1-4H3,(H,11,12). The highest BCUT2D eigenvalue weighted by Crippen LogP contribution is 2.25. The van der Waals surface area contributed by atoms with Gasteiger partial charge < -0.3 is 10.2 Å². The highest BCUT2D eigenvalue weighted by atomic mass is 16.4. The zero-order valence-electron chi connectivity index (χ0n) is 7.96. The lowest BCUT2D eigenvalue weighted by Crippen LogP contribution is -2.19. The second-order valence-corrected chi connectivity index (χ2v) is 3.88. The molecule has 0 spiro atoms.